The molecule has 0 saturated carbocycles. The molecule has 230 valence electrons. The van der Waals surface area contributed by atoms with E-state index >= 15 is 0 Å². The third kappa shape index (κ3) is 11.8. The van der Waals surface area contributed by atoms with Crippen LogP contribution >= 0.6 is 8.58 Å². The fourth-order valence-electron chi connectivity index (χ4n) is 4.49. The molecule has 0 radical (unpaired) electrons. The van der Waals surface area contributed by atoms with Gasteiger partial charge < -0.3 is 9.47 Å². The number of benzene rings is 2. The van der Waals surface area contributed by atoms with E-state index in [4.69, 9.17) is 9.47 Å². The Morgan fingerprint density at radius 2 is 1.29 bits per heavy atom. The van der Waals surface area contributed by atoms with Gasteiger partial charge in [0.25, 0.3) is 0 Å². The summed E-state index contributed by atoms with van der Waals surface area (Å²) in [5, 5.41) is 0.232. The van der Waals surface area contributed by atoms with E-state index in [1.54, 1.807) is 12.1 Å². The van der Waals surface area contributed by atoms with Gasteiger partial charge in [-0.2, -0.15) is 26.3 Å². The molecule has 2 aromatic rings. The van der Waals surface area contributed by atoms with Crippen LogP contribution in [0, 0.1) is 11.8 Å². The molecule has 0 spiro atoms. The van der Waals surface area contributed by atoms with Crippen LogP contribution in [0.5, 0.6) is 11.5 Å². The number of halogens is 6. The number of ether oxygens (including phenoxy) is 2. The van der Waals surface area contributed by atoms with Crippen LogP contribution in [0.15, 0.2) is 36.4 Å². The van der Waals surface area contributed by atoms with Crippen molar-refractivity contribution in [3.05, 3.63) is 53.1 Å². The predicted molar refractivity (Wildman–Crippen MR) is 153 cm³/mol. The molecule has 2 rings (SSSR count). The summed E-state index contributed by atoms with van der Waals surface area (Å²) in [7, 11) is -1.02. The Hall–Kier alpha value is -1.68. The third-order valence-corrected chi connectivity index (χ3v) is 8.31. The van der Waals surface area contributed by atoms with Crippen molar-refractivity contribution in [2.45, 2.75) is 91.4 Å². The van der Waals surface area contributed by atoms with E-state index in [2.05, 4.69) is 20.8 Å². The molecule has 0 aliphatic rings. The van der Waals surface area contributed by atoms with Crippen molar-refractivity contribution >= 4 is 19.4 Å². The Labute approximate surface area is 259 Å². The minimum atomic E-state index is -5.13. The van der Waals surface area contributed by atoms with Crippen LogP contribution in [0.1, 0.15) is 101 Å². The molecule has 2 aromatic carbocycles. The average Bonchev–Trinajstić information content (AvgIpc) is 2.92. The van der Waals surface area contributed by atoms with Crippen LogP contribution in [0.3, 0.4) is 0 Å². The van der Waals surface area contributed by atoms with Gasteiger partial charge in [0.2, 0.25) is 0 Å². The maximum atomic E-state index is 13.7. The van der Waals surface area contributed by atoms with Gasteiger partial charge in [0, 0.05) is 16.9 Å². The van der Waals surface area contributed by atoms with Gasteiger partial charge in [0.05, 0.1) is 24.3 Å². The number of alkyl halides is 6. The van der Waals surface area contributed by atoms with Crippen molar-refractivity contribution < 1.29 is 59.5 Å². The SMILES string of the molecule is CCCCC(CC)COc1ccc(PC(=O)c2c(C(F)(F)F)cccc2C(F)(F)F)c(OCC(CC)CCCC)c1.[Li+]. The zero-order valence-electron chi connectivity index (χ0n) is 25.2. The van der Waals surface area contributed by atoms with Gasteiger partial charge in [-0.3, -0.25) is 4.79 Å². The van der Waals surface area contributed by atoms with Gasteiger partial charge in [-0.15, -0.1) is 0 Å². The Bertz CT molecular complexity index is 1070. The first-order valence-corrected chi connectivity index (χ1v) is 15.3. The normalized spacial score (nSPS) is 13.6. The van der Waals surface area contributed by atoms with Crippen LogP contribution in [-0.4, -0.2) is 18.7 Å². The van der Waals surface area contributed by atoms with Crippen molar-refractivity contribution in [1.29, 1.82) is 0 Å². The van der Waals surface area contributed by atoms with Crippen molar-refractivity contribution in [3.63, 3.8) is 0 Å². The summed E-state index contributed by atoms with van der Waals surface area (Å²) in [6.45, 7) is 9.10. The molecule has 0 saturated heterocycles. The van der Waals surface area contributed by atoms with Crippen LogP contribution in [0.25, 0.3) is 0 Å². The Balaban J connectivity index is 0.00000882. The van der Waals surface area contributed by atoms with Crippen LogP contribution in [0.4, 0.5) is 26.3 Å². The molecule has 0 aliphatic carbocycles. The van der Waals surface area contributed by atoms with Gasteiger partial charge in [-0.25, -0.2) is 0 Å². The predicted octanol–water partition coefficient (Wildman–Crippen LogP) is 7.06. The van der Waals surface area contributed by atoms with Gasteiger partial charge in [-0.05, 0) is 57.5 Å². The number of unbranched alkanes of at least 4 members (excludes halogenated alkanes) is 2. The summed E-state index contributed by atoms with van der Waals surface area (Å²) >= 11 is 0. The number of hydrogen-bond donors (Lipinski definition) is 0. The molecule has 0 aromatic heterocycles. The molecule has 42 heavy (non-hydrogen) atoms. The zero-order valence-corrected chi connectivity index (χ0v) is 26.2. The Morgan fingerprint density at radius 1 is 0.786 bits per heavy atom. The largest absolute Gasteiger partial charge is 1.00 e. The molecule has 0 N–H and O–H groups in total. The van der Waals surface area contributed by atoms with Crippen molar-refractivity contribution in [2.75, 3.05) is 13.2 Å². The summed E-state index contributed by atoms with van der Waals surface area (Å²) in [6.07, 6.45) is -2.38. The zero-order chi connectivity index (χ0) is 30.6. The second-order valence-electron chi connectivity index (χ2n) is 10.3. The standard InChI is InChI=1S/C31H41F6O3P.Li/c1-5-9-12-21(7-3)19-39-23-16-17-27(26(18-23)40-20-22(8-4)13-10-6-2)41-29(38)28-24(30(32,33)34)14-11-15-25(28)31(35,36)37;/h11,14-18,21-22,41H,5-10,12-13,19-20H2,1-4H3;/q;+1. The molecule has 11 heteroatoms. The topological polar surface area (TPSA) is 35.5 Å². The molecular formula is C31H41F6LiO3P+. The van der Waals surface area contributed by atoms with E-state index in [0.29, 0.717) is 43.1 Å². The Kier molecular flexibility index (Phi) is 16.6. The summed E-state index contributed by atoms with van der Waals surface area (Å²) in [4.78, 5) is 13.2. The summed E-state index contributed by atoms with van der Waals surface area (Å²) in [6, 6.07) is 6.36. The summed E-state index contributed by atoms with van der Waals surface area (Å²) < 4.78 is 94.3. The van der Waals surface area contributed by atoms with Crippen molar-refractivity contribution in [2.24, 2.45) is 11.8 Å². The van der Waals surface area contributed by atoms with Crippen LogP contribution in [-0.2, 0) is 12.4 Å². The smallest absolute Gasteiger partial charge is 0.493 e. The van der Waals surface area contributed by atoms with Gasteiger partial charge in [0.1, 0.15) is 11.5 Å². The van der Waals surface area contributed by atoms with Gasteiger partial charge in [-0.1, -0.05) is 72.3 Å². The number of hydrogen-bond acceptors (Lipinski definition) is 3. The number of carbonyl (C=O) groups excluding carboxylic acids is 1. The van der Waals surface area contributed by atoms with Crippen molar-refractivity contribution in [1.82, 2.24) is 0 Å². The minimum Gasteiger partial charge on any atom is -0.493 e. The van der Waals surface area contributed by atoms with Gasteiger partial charge >= 0.3 is 31.2 Å². The molecule has 3 nitrogen and oxygen atoms in total. The summed E-state index contributed by atoms with van der Waals surface area (Å²) in [5.74, 6) is 1.28. The molecule has 0 heterocycles. The summed E-state index contributed by atoms with van der Waals surface area (Å²) in [5.41, 5.74) is -5.83. The molecule has 0 amide bonds. The maximum absolute atomic E-state index is 13.7. The quantitative estimate of drug-likeness (QED) is 0.109. The second kappa shape index (κ2) is 18.2. The first kappa shape index (κ1) is 38.3. The van der Waals surface area contributed by atoms with Gasteiger partial charge in [0.15, 0.2) is 5.52 Å². The van der Waals surface area contributed by atoms with E-state index in [1.165, 1.54) is 6.07 Å². The third-order valence-electron chi connectivity index (χ3n) is 7.15. The van der Waals surface area contributed by atoms with E-state index < -0.39 is 43.1 Å². The average molecular weight is 614 g/mol. The second-order valence-corrected chi connectivity index (χ2v) is 11.5. The molecule has 3 atom stereocenters. The Morgan fingerprint density at radius 3 is 1.74 bits per heavy atom. The van der Waals surface area contributed by atoms with E-state index in [0.717, 1.165) is 51.4 Å². The monoisotopic (exact) mass is 613 g/mol. The molecule has 0 fully saturated rings. The molecular weight excluding hydrogens is 572 g/mol. The molecule has 3 unspecified atom stereocenters. The molecule has 0 bridgehead atoms. The first-order chi connectivity index (χ1) is 19.3. The fourth-order valence-corrected chi connectivity index (χ4v) is 5.56. The number of rotatable bonds is 17. The fraction of sp³-hybridized carbons (Fsp3) is 0.581. The minimum absolute atomic E-state index is 0. The van der Waals surface area contributed by atoms with E-state index in [1.807, 2.05) is 6.92 Å². The molecule has 0 aliphatic heterocycles. The first-order valence-electron chi connectivity index (χ1n) is 14.3. The number of carbonyl (C=O) groups is 1. The maximum Gasteiger partial charge on any atom is 1.00 e. The van der Waals surface area contributed by atoms with Crippen molar-refractivity contribution in [3.8, 4) is 11.5 Å². The van der Waals surface area contributed by atoms with Crippen LogP contribution in [0.2, 0.25) is 0 Å². The van der Waals surface area contributed by atoms with Crippen LogP contribution < -0.4 is 33.6 Å². The van der Waals surface area contributed by atoms with E-state index in [9.17, 15) is 31.1 Å². The van der Waals surface area contributed by atoms with E-state index in [-0.39, 0.29) is 35.8 Å².